The monoisotopic (exact) mass is 204 g/mol. The van der Waals surface area contributed by atoms with E-state index < -0.39 is 0 Å². The van der Waals surface area contributed by atoms with Crippen molar-refractivity contribution in [3.63, 3.8) is 0 Å². The lowest BCUT2D eigenvalue weighted by Crippen LogP contribution is -2.06. The summed E-state index contributed by atoms with van der Waals surface area (Å²) in [6.07, 6.45) is 4.75. The van der Waals surface area contributed by atoms with Gasteiger partial charge in [0.2, 0.25) is 0 Å². The highest BCUT2D eigenvalue weighted by molar-refractivity contribution is 5.93. The third-order valence-corrected chi connectivity index (χ3v) is 2.55. The third-order valence-electron chi connectivity index (χ3n) is 2.55. The van der Waals surface area contributed by atoms with Crippen molar-refractivity contribution >= 4 is 12.0 Å². The minimum absolute atomic E-state index is 0.294. The van der Waals surface area contributed by atoms with Crippen LogP contribution >= 0.6 is 0 Å². The van der Waals surface area contributed by atoms with Gasteiger partial charge in [-0.15, -0.1) is 0 Å². The van der Waals surface area contributed by atoms with Crippen molar-refractivity contribution in [2.24, 2.45) is 0 Å². The first kappa shape index (κ1) is 9.77. The van der Waals surface area contributed by atoms with Crippen molar-refractivity contribution < 1.29 is 14.3 Å². The Labute approximate surface area is 88.3 Å². The maximum atomic E-state index is 11.5. The Hall–Kier alpha value is -1.77. The van der Waals surface area contributed by atoms with Gasteiger partial charge in [0.1, 0.15) is 5.75 Å². The van der Waals surface area contributed by atoms with Gasteiger partial charge in [-0.2, -0.15) is 0 Å². The normalized spacial score (nSPS) is 12.4. The molecular weight excluding hydrogens is 192 g/mol. The number of carbonyl (C=O) groups is 1. The zero-order valence-electron chi connectivity index (χ0n) is 8.74. The molecule has 15 heavy (non-hydrogen) atoms. The summed E-state index contributed by atoms with van der Waals surface area (Å²) in [6, 6.07) is 3.54. The van der Waals surface area contributed by atoms with Crippen molar-refractivity contribution in [1.82, 2.24) is 0 Å². The third kappa shape index (κ3) is 1.50. The SMILES string of the molecule is COC(=O)c1ccc(OC)c2c1CC=C2. The number of hydrogen-bond donors (Lipinski definition) is 0. The van der Waals surface area contributed by atoms with Crippen molar-refractivity contribution in [2.45, 2.75) is 6.42 Å². The summed E-state index contributed by atoms with van der Waals surface area (Å²) in [5, 5.41) is 0. The number of fused-ring (bicyclic) bond motifs is 1. The van der Waals surface area contributed by atoms with Gasteiger partial charge in [0, 0.05) is 5.56 Å². The predicted octanol–water partition coefficient (Wildman–Crippen LogP) is 2.05. The summed E-state index contributed by atoms with van der Waals surface area (Å²) in [5.41, 5.74) is 2.60. The largest absolute Gasteiger partial charge is 0.496 e. The molecule has 0 bridgehead atoms. The molecule has 0 aromatic heterocycles. The van der Waals surface area contributed by atoms with Crippen LogP contribution in [0.1, 0.15) is 21.5 Å². The lowest BCUT2D eigenvalue weighted by Gasteiger charge is -2.10. The maximum absolute atomic E-state index is 11.5. The summed E-state index contributed by atoms with van der Waals surface area (Å²) < 4.78 is 9.95. The van der Waals surface area contributed by atoms with E-state index in [0.717, 1.165) is 23.3 Å². The molecule has 0 spiro atoms. The van der Waals surface area contributed by atoms with E-state index in [4.69, 9.17) is 9.47 Å². The van der Waals surface area contributed by atoms with Gasteiger partial charge < -0.3 is 9.47 Å². The van der Waals surface area contributed by atoms with E-state index in [-0.39, 0.29) is 5.97 Å². The Balaban J connectivity index is 2.54. The number of hydrogen-bond acceptors (Lipinski definition) is 3. The van der Waals surface area contributed by atoms with Crippen molar-refractivity contribution in [1.29, 1.82) is 0 Å². The molecule has 0 fully saturated rings. The van der Waals surface area contributed by atoms with Crippen molar-refractivity contribution in [3.8, 4) is 5.75 Å². The Morgan fingerprint density at radius 2 is 2.13 bits per heavy atom. The standard InChI is InChI=1S/C12H12O3/c1-14-11-7-6-10(12(13)15-2)8-4-3-5-9(8)11/h3,5-7H,4H2,1-2H3. The quantitative estimate of drug-likeness (QED) is 0.691. The molecule has 3 nitrogen and oxygen atoms in total. The number of carbonyl (C=O) groups excluding carboxylic acids is 1. The van der Waals surface area contributed by atoms with E-state index in [1.807, 2.05) is 12.2 Å². The summed E-state index contributed by atoms with van der Waals surface area (Å²) in [6.45, 7) is 0. The molecule has 0 radical (unpaired) electrons. The summed E-state index contributed by atoms with van der Waals surface area (Å²) in [4.78, 5) is 11.5. The molecule has 0 amide bonds. The summed E-state index contributed by atoms with van der Waals surface area (Å²) in [5.74, 6) is 0.504. The molecule has 0 atom stereocenters. The van der Waals surface area contributed by atoms with Crippen LogP contribution in [0, 0.1) is 0 Å². The molecule has 78 valence electrons. The van der Waals surface area contributed by atoms with Crippen LogP contribution in [0.2, 0.25) is 0 Å². The van der Waals surface area contributed by atoms with Crippen LogP contribution in [-0.2, 0) is 11.2 Å². The van der Waals surface area contributed by atoms with E-state index in [2.05, 4.69) is 0 Å². The van der Waals surface area contributed by atoms with E-state index in [1.165, 1.54) is 7.11 Å². The van der Waals surface area contributed by atoms with Gasteiger partial charge in [0.15, 0.2) is 0 Å². The number of rotatable bonds is 2. The first-order valence-electron chi connectivity index (χ1n) is 4.72. The zero-order chi connectivity index (χ0) is 10.8. The smallest absolute Gasteiger partial charge is 0.338 e. The molecule has 3 heteroatoms. The van der Waals surface area contributed by atoms with Crippen LogP contribution in [-0.4, -0.2) is 20.2 Å². The summed E-state index contributed by atoms with van der Waals surface area (Å²) in [7, 11) is 3.01. The van der Waals surface area contributed by atoms with E-state index in [0.29, 0.717) is 5.56 Å². The van der Waals surface area contributed by atoms with Crippen LogP contribution in [0.5, 0.6) is 5.75 Å². The molecule has 0 N–H and O–H groups in total. The molecule has 1 aromatic carbocycles. The molecule has 0 aliphatic heterocycles. The number of benzene rings is 1. The Morgan fingerprint density at radius 1 is 1.33 bits per heavy atom. The minimum atomic E-state index is -0.294. The molecule has 1 aliphatic rings. The number of methoxy groups -OCH3 is 2. The van der Waals surface area contributed by atoms with Gasteiger partial charge in [-0.05, 0) is 24.1 Å². The topological polar surface area (TPSA) is 35.5 Å². The Kier molecular flexibility index (Phi) is 2.46. The van der Waals surface area contributed by atoms with Crippen molar-refractivity contribution in [3.05, 3.63) is 34.9 Å². The second kappa shape index (κ2) is 3.77. The Morgan fingerprint density at radius 3 is 2.80 bits per heavy atom. The molecule has 0 saturated carbocycles. The average molecular weight is 204 g/mol. The number of allylic oxidation sites excluding steroid dienone is 1. The predicted molar refractivity (Wildman–Crippen MR) is 57.1 cm³/mol. The molecule has 1 aliphatic carbocycles. The molecule has 0 unspecified atom stereocenters. The second-order valence-corrected chi connectivity index (χ2v) is 3.31. The molecule has 0 heterocycles. The maximum Gasteiger partial charge on any atom is 0.338 e. The highest BCUT2D eigenvalue weighted by Crippen LogP contribution is 2.31. The zero-order valence-corrected chi connectivity index (χ0v) is 8.74. The summed E-state index contributed by atoms with van der Waals surface area (Å²) >= 11 is 0. The van der Waals surface area contributed by atoms with Crippen molar-refractivity contribution in [2.75, 3.05) is 14.2 Å². The average Bonchev–Trinajstić information content (AvgIpc) is 2.75. The first-order chi connectivity index (χ1) is 7.27. The molecular formula is C12H12O3. The lowest BCUT2D eigenvalue weighted by atomic mass is 10.0. The highest BCUT2D eigenvalue weighted by Gasteiger charge is 2.19. The van der Waals surface area contributed by atoms with Gasteiger partial charge >= 0.3 is 5.97 Å². The first-order valence-corrected chi connectivity index (χ1v) is 4.72. The van der Waals surface area contributed by atoms with Gasteiger partial charge in [-0.25, -0.2) is 4.79 Å². The fourth-order valence-corrected chi connectivity index (χ4v) is 1.82. The minimum Gasteiger partial charge on any atom is -0.496 e. The van der Waals surface area contributed by atoms with Gasteiger partial charge in [0.25, 0.3) is 0 Å². The van der Waals surface area contributed by atoms with Gasteiger partial charge in [-0.1, -0.05) is 12.2 Å². The van der Waals surface area contributed by atoms with Crippen LogP contribution < -0.4 is 4.74 Å². The highest BCUT2D eigenvalue weighted by atomic mass is 16.5. The number of ether oxygens (including phenoxy) is 2. The fourth-order valence-electron chi connectivity index (χ4n) is 1.82. The molecule has 1 aromatic rings. The van der Waals surface area contributed by atoms with Crippen LogP contribution in [0.25, 0.3) is 6.08 Å². The van der Waals surface area contributed by atoms with Crippen LogP contribution in [0.4, 0.5) is 0 Å². The second-order valence-electron chi connectivity index (χ2n) is 3.31. The van der Waals surface area contributed by atoms with E-state index in [1.54, 1.807) is 19.2 Å². The van der Waals surface area contributed by atoms with E-state index in [9.17, 15) is 4.79 Å². The van der Waals surface area contributed by atoms with Gasteiger partial charge in [-0.3, -0.25) is 0 Å². The van der Waals surface area contributed by atoms with E-state index >= 15 is 0 Å². The Bertz CT molecular complexity index is 433. The fraction of sp³-hybridized carbons (Fsp3) is 0.250. The molecule has 0 saturated heterocycles. The molecule has 2 rings (SSSR count). The van der Waals surface area contributed by atoms with Gasteiger partial charge in [0.05, 0.1) is 19.8 Å². The van der Waals surface area contributed by atoms with Crippen LogP contribution in [0.3, 0.4) is 0 Å². The number of esters is 1. The van der Waals surface area contributed by atoms with Crippen LogP contribution in [0.15, 0.2) is 18.2 Å². The lowest BCUT2D eigenvalue weighted by molar-refractivity contribution is 0.0599.